The van der Waals surface area contributed by atoms with Crippen LogP contribution in [0.3, 0.4) is 0 Å². The number of aryl methyl sites for hydroxylation is 2. The standard InChI is InChI=1S/C20H16ClNO5/c1-11-3-6-17-14(7-11)16(23)9-18(27-17)20(25)26-10-19(24)22-13-5-4-12(2)15(21)8-13/h3-9H,10H2,1-2H3,(H,22,24). The summed E-state index contributed by atoms with van der Waals surface area (Å²) in [6, 6.07) is 11.1. The molecule has 0 radical (unpaired) electrons. The number of rotatable bonds is 4. The molecular formula is C20H16ClNO5. The average Bonchev–Trinajstić information content (AvgIpc) is 2.63. The van der Waals surface area contributed by atoms with Gasteiger partial charge in [0.15, 0.2) is 12.0 Å². The Bertz CT molecular complexity index is 1100. The van der Waals surface area contributed by atoms with Crippen LogP contribution in [0.25, 0.3) is 11.0 Å². The molecule has 0 aliphatic carbocycles. The first-order valence-corrected chi connectivity index (χ1v) is 8.49. The summed E-state index contributed by atoms with van der Waals surface area (Å²) in [5, 5.41) is 3.46. The van der Waals surface area contributed by atoms with Crippen LogP contribution < -0.4 is 10.7 Å². The van der Waals surface area contributed by atoms with Gasteiger partial charge in [-0.05, 0) is 43.7 Å². The quantitative estimate of drug-likeness (QED) is 0.689. The largest absolute Gasteiger partial charge is 0.450 e. The van der Waals surface area contributed by atoms with Gasteiger partial charge < -0.3 is 14.5 Å². The molecule has 7 heteroatoms. The third-order valence-electron chi connectivity index (χ3n) is 3.87. The lowest BCUT2D eigenvalue weighted by atomic mass is 10.1. The molecule has 0 atom stereocenters. The highest BCUT2D eigenvalue weighted by Crippen LogP contribution is 2.20. The summed E-state index contributed by atoms with van der Waals surface area (Å²) < 4.78 is 10.3. The second-order valence-electron chi connectivity index (χ2n) is 6.06. The third kappa shape index (κ3) is 4.35. The molecule has 0 saturated carbocycles. The number of hydrogen-bond acceptors (Lipinski definition) is 5. The van der Waals surface area contributed by atoms with Crippen LogP contribution in [0.15, 0.2) is 51.7 Å². The lowest BCUT2D eigenvalue weighted by Gasteiger charge is -2.08. The Morgan fingerprint density at radius 1 is 1.11 bits per heavy atom. The van der Waals surface area contributed by atoms with Crippen LogP contribution in [-0.2, 0) is 9.53 Å². The topological polar surface area (TPSA) is 85.6 Å². The maximum Gasteiger partial charge on any atom is 0.374 e. The fourth-order valence-electron chi connectivity index (χ4n) is 2.44. The van der Waals surface area contributed by atoms with Crippen LogP contribution in [0.5, 0.6) is 0 Å². The van der Waals surface area contributed by atoms with Gasteiger partial charge in [-0.15, -0.1) is 0 Å². The molecule has 3 rings (SSSR count). The second kappa shape index (κ2) is 7.63. The van der Waals surface area contributed by atoms with Crippen LogP contribution in [-0.4, -0.2) is 18.5 Å². The van der Waals surface area contributed by atoms with Crippen LogP contribution in [0.1, 0.15) is 21.7 Å². The van der Waals surface area contributed by atoms with Gasteiger partial charge in [0.2, 0.25) is 5.76 Å². The van der Waals surface area contributed by atoms with Gasteiger partial charge >= 0.3 is 5.97 Å². The van der Waals surface area contributed by atoms with Gasteiger partial charge in [-0.25, -0.2) is 4.79 Å². The number of esters is 1. The maximum absolute atomic E-state index is 12.1. The first kappa shape index (κ1) is 18.7. The molecule has 1 N–H and O–H groups in total. The first-order chi connectivity index (χ1) is 12.8. The number of nitrogens with one attached hydrogen (secondary N) is 1. The number of benzene rings is 2. The molecule has 1 heterocycles. The van der Waals surface area contributed by atoms with Crippen molar-refractivity contribution in [3.8, 4) is 0 Å². The SMILES string of the molecule is Cc1ccc2oc(C(=O)OCC(=O)Nc3ccc(C)c(Cl)c3)cc(=O)c2c1. The summed E-state index contributed by atoms with van der Waals surface area (Å²) >= 11 is 6.00. The Labute approximate surface area is 159 Å². The van der Waals surface area contributed by atoms with Crippen molar-refractivity contribution in [2.45, 2.75) is 13.8 Å². The van der Waals surface area contributed by atoms with Gasteiger partial charge in [-0.2, -0.15) is 0 Å². The van der Waals surface area contributed by atoms with Crippen molar-refractivity contribution in [3.05, 3.63) is 74.6 Å². The molecule has 0 spiro atoms. The first-order valence-electron chi connectivity index (χ1n) is 8.11. The van der Waals surface area contributed by atoms with Crippen LogP contribution in [0.4, 0.5) is 5.69 Å². The van der Waals surface area contributed by atoms with Crippen molar-refractivity contribution in [3.63, 3.8) is 0 Å². The normalized spacial score (nSPS) is 10.6. The van der Waals surface area contributed by atoms with Crippen molar-refractivity contribution in [1.29, 1.82) is 0 Å². The fourth-order valence-corrected chi connectivity index (χ4v) is 2.62. The molecule has 0 saturated heterocycles. The van der Waals surface area contributed by atoms with E-state index in [1.54, 1.807) is 36.4 Å². The van der Waals surface area contributed by atoms with Crippen molar-refractivity contribution in [2.24, 2.45) is 0 Å². The predicted octanol–water partition coefficient (Wildman–Crippen LogP) is 3.86. The summed E-state index contributed by atoms with van der Waals surface area (Å²) in [7, 11) is 0. The number of ether oxygens (including phenoxy) is 1. The summed E-state index contributed by atoms with van der Waals surface area (Å²) in [6.45, 7) is 3.16. The Balaban J connectivity index is 1.67. The van der Waals surface area contributed by atoms with Crippen LogP contribution in [0.2, 0.25) is 5.02 Å². The zero-order chi connectivity index (χ0) is 19.6. The van der Waals surface area contributed by atoms with Gasteiger partial charge in [0.25, 0.3) is 5.91 Å². The fraction of sp³-hybridized carbons (Fsp3) is 0.150. The van der Waals surface area contributed by atoms with E-state index in [2.05, 4.69) is 5.32 Å². The highest BCUT2D eigenvalue weighted by molar-refractivity contribution is 6.31. The minimum absolute atomic E-state index is 0.262. The number of amides is 1. The molecule has 0 aliphatic heterocycles. The van der Waals surface area contributed by atoms with E-state index in [0.29, 0.717) is 16.1 Å². The summed E-state index contributed by atoms with van der Waals surface area (Å²) in [5.74, 6) is -1.70. The molecular weight excluding hydrogens is 370 g/mol. The molecule has 138 valence electrons. The number of anilines is 1. The van der Waals surface area contributed by atoms with Gasteiger partial charge in [0.1, 0.15) is 5.58 Å². The molecule has 0 fully saturated rings. The van der Waals surface area contributed by atoms with Gasteiger partial charge in [0, 0.05) is 16.8 Å². The van der Waals surface area contributed by atoms with Crippen molar-refractivity contribution >= 4 is 40.1 Å². The number of carbonyl (C=O) groups is 2. The zero-order valence-corrected chi connectivity index (χ0v) is 15.4. The van der Waals surface area contributed by atoms with E-state index in [-0.39, 0.29) is 16.8 Å². The molecule has 6 nitrogen and oxygen atoms in total. The van der Waals surface area contributed by atoms with E-state index in [1.807, 2.05) is 13.8 Å². The Kier molecular flexibility index (Phi) is 5.28. The Morgan fingerprint density at radius 2 is 1.89 bits per heavy atom. The molecule has 0 aliphatic rings. The number of fused-ring (bicyclic) bond motifs is 1. The van der Waals surface area contributed by atoms with E-state index in [0.717, 1.165) is 17.2 Å². The summed E-state index contributed by atoms with van der Waals surface area (Å²) in [6.07, 6.45) is 0. The molecule has 3 aromatic rings. The number of hydrogen-bond donors (Lipinski definition) is 1. The molecule has 27 heavy (non-hydrogen) atoms. The highest BCUT2D eigenvalue weighted by Gasteiger charge is 2.16. The minimum Gasteiger partial charge on any atom is -0.450 e. The van der Waals surface area contributed by atoms with E-state index in [4.69, 9.17) is 20.8 Å². The van der Waals surface area contributed by atoms with Crippen molar-refractivity contribution in [2.75, 3.05) is 11.9 Å². The number of halogens is 1. The average molecular weight is 386 g/mol. The van der Waals surface area contributed by atoms with E-state index >= 15 is 0 Å². The van der Waals surface area contributed by atoms with Crippen molar-refractivity contribution < 1.29 is 18.7 Å². The van der Waals surface area contributed by atoms with Crippen LogP contribution in [0, 0.1) is 13.8 Å². The molecule has 0 bridgehead atoms. The molecule has 1 amide bonds. The van der Waals surface area contributed by atoms with E-state index < -0.39 is 18.5 Å². The molecule has 0 unspecified atom stereocenters. The Hall–Kier alpha value is -3.12. The van der Waals surface area contributed by atoms with Crippen LogP contribution >= 0.6 is 11.6 Å². The summed E-state index contributed by atoms with van der Waals surface area (Å²) in [4.78, 5) is 36.2. The minimum atomic E-state index is -0.897. The lowest BCUT2D eigenvalue weighted by molar-refractivity contribution is -0.119. The van der Waals surface area contributed by atoms with E-state index in [9.17, 15) is 14.4 Å². The molecule has 1 aromatic heterocycles. The van der Waals surface area contributed by atoms with Gasteiger partial charge in [-0.1, -0.05) is 29.3 Å². The molecule has 2 aromatic carbocycles. The maximum atomic E-state index is 12.1. The summed E-state index contributed by atoms with van der Waals surface area (Å²) in [5.41, 5.74) is 2.18. The smallest absolute Gasteiger partial charge is 0.374 e. The zero-order valence-electron chi connectivity index (χ0n) is 14.7. The predicted molar refractivity (Wildman–Crippen MR) is 102 cm³/mol. The number of carbonyl (C=O) groups excluding carboxylic acids is 2. The van der Waals surface area contributed by atoms with Gasteiger partial charge in [0.05, 0.1) is 5.39 Å². The van der Waals surface area contributed by atoms with Gasteiger partial charge in [-0.3, -0.25) is 9.59 Å². The van der Waals surface area contributed by atoms with E-state index in [1.165, 1.54) is 0 Å². The van der Waals surface area contributed by atoms with Crippen molar-refractivity contribution in [1.82, 2.24) is 0 Å². The Morgan fingerprint density at radius 3 is 2.63 bits per heavy atom. The monoisotopic (exact) mass is 385 g/mol. The third-order valence-corrected chi connectivity index (χ3v) is 4.28. The lowest BCUT2D eigenvalue weighted by Crippen LogP contribution is -2.21. The second-order valence-corrected chi connectivity index (χ2v) is 6.47. The highest BCUT2D eigenvalue weighted by atomic mass is 35.5.